The van der Waals surface area contributed by atoms with Gasteiger partial charge < -0.3 is 10.6 Å². The minimum Gasteiger partial charge on any atom is -0.370 e. The van der Waals surface area contributed by atoms with Gasteiger partial charge in [-0.2, -0.15) is 0 Å². The van der Waals surface area contributed by atoms with Crippen molar-refractivity contribution in [1.82, 2.24) is 4.98 Å². The molecule has 1 aromatic carbocycles. The molecule has 0 unspecified atom stereocenters. The lowest BCUT2D eigenvalue weighted by atomic mass is 10.0. The minimum absolute atomic E-state index is 0.190. The number of amides is 1. The Bertz CT molecular complexity index is 642. The van der Waals surface area contributed by atoms with Crippen molar-refractivity contribution in [2.75, 3.05) is 17.2 Å². The zero-order valence-electron chi connectivity index (χ0n) is 12.9. The van der Waals surface area contributed by atoms with Crippen LogP contribution in [0.15, 0.2) is 30.3 Å². The number of pyridine rings is 1. The molecule has 0 fully saturated rings. The molecule has 4 nitrogen and oxygen atoms in total. The van der Waals surface area contributed by atoms with Crippen LogP contribution in [0.25, 0.3) is 0 Å². The van der Waals surface area contributed by atoms with Gasteiger partial charge in [0, 0.05) is 12.2 Å². The Labute approximate surface area is 125 Å². The largest absolute Gasteiger partial charge is 0.370 e. The Morgan fingerprint density at radius 2 is 1.81 bits per heavy atom. The number of aromatic nitrogens is 1. The smallest absolute Gasteiger partial charge is 0.274 e. The predicted octanol–water partition coefficient (Wildman–Crippen LogP) is 3.69. The molecule has 1 amide bonds. The van der Waals surface area contributed by atoms with Crippen LogP contribution < -0.4 is 10.6 Å². The number of anilines is 2. The Balaban J connectivity index is 2.24. The van der Waals surface area contributed by atoms with Crippen molar-refractivity contribution in [2.45, 2.75) is 27.7 Å². The van der Waals surface area contributed by atoms with E-state index in [1.165, 1.54) is 5.56 Å². The van der Waals surface area contributed by atoms with Crippen LogP contribution in [0.1, 0.15) is 34.1 Å². The summed E-state index contributed by atoms with van der Waals surface area (Å²) < 4.78 is 0. The van der Waals surface area contributed by atoms with Crippen molar-refractivity contribution in [3.8, 4) is 0 Å². The maximum Gasteiger partial charge on any atom is 0.274 e. The van der Waals surface area contributed by atoms with E-state index >= 15 is 0 Å². The Morgan fingerprint density at radius 1 is 1.14 bits per heavy atom. The molecular formula is C17H21N3O. The molecule has 4 heteroatoms. The van der Waals surface area contributed by atoms with Gasteiger partial charge >= 0.3 is 0 Å². The van der Waals surface area contributed by atoms with Gasteiger partial charge in [-0.05, 0) is 51.0 Å². The summed E-state index contributed by atoms with van der Waals surface area (Å²) >= 11 is 0. The van der Waals surface area contributed by atoms with E-state index in [0.717, 1.165) is 23.4 Å². The summed E-state index contributed by atoms with van der Waals surface area (Å²) in [4.78, 5) is 16.7. The van der Waals surface area contributed by atoms with Gasteiger partial charge in [0.15, 0.2) is 0 Å². The van der Waals surface area contributed by atoms with Crippen LogP contribution in [0.3, 0.4) is 0 Å². The van der Waals surface area contributed by atoms with Crippen LogP contribution in [-0.4, -0.2) is 17.4 Å². The molecule has 2 aromatic rings. The monoisotopic (exact) mass is 283 g/mol. The van der Waals surface area contributed by atoms with Crippen LogP contribution in [0.4, 0.5) is 11.5 Å². The average Bonchev–Trinajstić information content (AvgIpc) is 2.43. The third-order valence-electron chi connectivity index (χ3n) is 3.26. The third kappa shape index (κ3) is 3.60. The molecule has 21 heavy (non-hydrogen) atoms. The fourth-order valence-electron chi connectivity index (χ4n) is 2.40. The lowest BCUT2D eigenvalue weighted by Gasteiger charge is -2.13. The van der Waals surface area contributed by atoms with E-state index in [1.54, 1.807) is 6.07 Å². The number of hydrogen-bond donors (Lipinski definition) is 2. The minimum atomic E-state index is -0.190. The zero-order valence-corrected chi connectivity index (χ0v) is 12.9. The van der Waals surface area contributed by atoms with E-state index in [0.29, 0.717) is 11.5 Å². The van der Waals surface area contributed by atoms with E-state index in [2.05, 4.69) is 27.8 Å². The van der Waals surface area contributed by atoms with Crippen LogP contribution in [0, 0.1) is 20.8 Å². The second kappa shape index (κ2) is 6.39. The standard InChI is InChI=1S/C17H21N3O/c1-5-18-15-8-6-7-14(19-15)17(21)20-16-12(3)9-11(2)10-13(16)4/h6-10H,5H2,1-4H3,(H,18,19)(H,20,21). The van der Waals surface area contributed by atoms with E-state index in [1.807, 2.05) is 39.8 Å². The zero-order chi connectivity index (χ0) is 15.4. The van der Waals surface area contributed by atoms with Crippen molar-refractivity contribution < 1.29 is 4.79 Å². The summed E-state index contributed by atoms with van der Waals surface area (Å²) in [5.74, 6) is 0.521. The lowest BCUT2D eigenvalue weighted by molar-refractivity contribution is 0.102. The van der Waals surface area contributed by atoms with Gasteiger partial charge in [0.05, 0.1) is 0 Å². The van der Waals surface area contributed by atoms with Crippen molar-refractivity contribution >= 4 is 17.4 Å². The van der Waals surface area contributed by atoms with Crippen LogP contribution in [0.2, 0.25) is 0 Å². The summed E-state index contributed by atoms with van der Waals surface area (Å²) in [6.07, 6.45) is 0. The van der Waals surface area contributed by atoms with Gasteiger partial charge in [-0.1, -0.05) is 23.8 Å². The molecular weight excluding hydrogens is 262 g/mol. The summed E-state index contributed by atoms with van der Waals surface area (Å²) in [5, 5.41) is 6.07. The molecule has 0 atom stereocenters. The molecule has 1 heterocycles. The highest BCUT2D eigenvalue weighted by molar-refractivity contribution is 6.04. The maximum atomic E-state index is 12.4. The molecule has 2 rings (SSSR count). The normalized spacial score (nSPS) is 10.3. The number of carbonyl (C=O) groups is 1. The summed E-state index contributed by atoms with van der Waals surface area (Å²) in [6, 6.07) is 9.52. The Kier molecular flexibility index (Phi) is 4.58. The number of rotatable bonds is 4. The van der Waals surface area contributed by atoms with Crippen LogP contribution >= 0.6 is 0 Å². The molecule has 0 aliphatic heterocycles. The van der Waals surface area contributed by atoms with Gasteiger partial charge in [-0.3, -0.25) is 4.79 Å². The average molecular weight is 283 g/mol. The molecule has 0 aliphatic carbocycles. The van der Waals surface area contributed by atoms with Crippen LogP contribution in [0.5, 0.6) is 0 Å². The Hall–Kier alpha value is -2.36. The van der Waals surface area contributed by atoms with Gasteiger partial charge in [-0.15, -0.1) is 0 Å². The lowest BCUT2D eigenvalue weighted by Crippen LogP contribution is -2.16. The van der Waals surface area contributed by atoms with E-state index in [9.17, 15) is 4.79 Å². The van der Waals surface area contributed by atoms with Crippen molar-refractivity contribution in [1.29, 1.82) is 0 Å². The van der Waals surface area contributed by atoms with Crippen molar-refractivity contribution in [2.24, 2.45) is 0 Å². The van der Waals surface area contributed by atoms with E-state index < -0.39 is 0 Å². The van der Waals surface area contributed by atoms with Gasteiger partial charge in [0.2, 0.25) is 0 Å². The molecule has 1 aromatic heterocycles. The molecule has 0 saturated carbocycles. The molecule has 0 bridgehead atoms. The Morgan fingerprint density at radius 3 is 2.43 bits per heavy atom. The van der Waals surface area contributed by atoms with Gasteiger partial charge in [-0.25, -0.2) is 4.98 Å². The van der Waals surface area contributed by atoms with Crippen molar-refractivity contribution in [3.05, 3.63) is 52.7 Å². The molecule has 0 spiro atoms. The van der Waals surface area contributed by atoms with Gasteiger partial charge in [0.1, 0.15) is 11.5 Å². The summed E-state index contributed by atoms with van der Waals surface area (Å²) in [5.41, 5.74) is 4.58. The van der Waals surface area contributed by atoms with Gasteiger partial charge in [0.25, 0.3) is 5.91 Å². The number of nitrogens with zero attached hydrogens (tertiary/aromatic N) is 1. The highest BCUT2D eigenvalue weighted by atomic mass is 16.1. The summed E-state index contributed by atoms with van der Waals surface area (Å²) in [7, 11) is 0. The maximum absolute atomic E-state index is 12.4. The summed E-state index contributed by atoms with van der Waals surface area (Å²) in [6.45, 7) is 8.81. The molecule has 0 saturated heterocycles. The third-order valence-corrected chi connectivity index (χ3v) is 3.26. The number of benzene rings is 1. The highest BCUT2D eigenvalue weighted by Gasteiger charge is 2.11. The molecule has 2 N–H and O–H groups in total. The number of nitrogens with one attached hydrogen (secondary N) is 2. The highest BCUT2D eigenvalue weighted by Crippen LogP contribution is 2.22. The number of carbonyl (C=O) groups excluding carboxylic acids is 1. The van der Waals surface area contributed by atoms with E-state index in [-0.39, 0.29) is 5.91 Å². The molecule has 0 aliphatic rings. The molecule has 110 valence electrons. The van der Waals surface area contributed by atoms with E-state index in [4.69, 9.17) is 0 Å². The number of aryl methyl sites for hydroxylation is 3. The first kappa shape index (κ1) is 15.0. The van der Waals surface area contributed by atoms with Crippen LogP contribution in [-0.2, 0) is 0 Å². The quantitative estimate of drug-likeness (QED) is 0.899. The first-order valence-corrected chi connectivity index (χ1v) is 7.11. The second-order valence-electron chi connectivity index (χ2n) is 5.17. The number of hydrogen-bond acceptors (Lipinski definition) is 3. The molecule has 0 radical (unpaired) electrons. The first-order chi connectivity index (χ1) is 10.0. The topological polar surface area (TPSA) is 54.0 Å². The first-order valence-electron chi connectivity index (χ1n) is 7.11. The van der Waals surface area contributed by atoms with Crippen molar-refractivity contribution in [3.63, 3.8) is 0 Å². The fourth-order valence-corrected chi connectivity index (χ4v) is 2.40. The second-order valence-corrected chi connectivity index (χ2v) is 5.17. The predicted molar refractivity (Wildman–Crippen MR) is 87.0 cm³/mol. The fraction of sp³-hybridized carbons (Fsp3) is 0.294. The SMILES string of the molecule is CCNc1cccc(C(=O)Nc2c(C)cc(C)cc2C)n1.